The molecule has 1 aliphatic carbocycles. The van der Waals surface area contributed by atoms with E-state index in [4.69, 9.17) is 11.5 Å². The number of nitrogens with one attached hydrogen (secondary N) is 1. The Kier molecular flexibility index (Phi) is 3.75. The molecule has 1 aliphatic rings. The van der Waals surface area contributed by atoms with E-state index in [0.717, 1.165) is 18.2 Å². The zero-order valence-corrected chi connectivity index (χ0v) is 10.8. The van der Waals surface area contributed by atoms with Crippen LogP contribution in [0.25, 0.3) is 0 Å². The van der Waals surface area contributed by atoms with Gasteiger partial charge in [0.1, 0.15) is 0 Å². The van der Waals surface area contributed by atoms with Crippen LogP contribution < -0.4 is 16.8 Å². The lowest BCUT2D eigenvalue weighted by Gasteiger charge is -2.18. The molecule has 1 amide bonds. The minimum absolute atomic E-state index is 0.388. The number of nitrogens with two attached hydrogens (primary N) is 2. The quantitative estimate of drug-likeness (QED) is 0.713. The van der Waals surface area contributed by atoms with Crippen molar-refractivity contribution < 1.29 is 4.79 Å². The fraction of sp³-hybridized carbons (Fsp3) is 0.500. The lowest BCUT2D eigenvalue weighted by Crippen LogP contribution is -2.19. The second-order valence-corrected chi connectivity index (χ2v) is 5.18. The topological polar surface area (TPSA) is 81.1 Å². The van der Waals surface area contributed by atoms with Crippen molar-refractivity contribution in [3.05, 3.63) is 23.8 Å². The lowest BCUT2D eigenvalue weighted by molar-refractivity contribution is 0.100. The summed E-state index contributed by atoms with van der Waals surface area (Å²) in [6.07, 6.45) is 3.89. The summed E-state index contributed by atoms with van der Waals surface area (Å²) in [5.74, 6) is 0.977. The molecule has 2 atom stereocenters. The maximum atomic E-state index is 11.2. The van der Waals surface area contributed by atoms with Gasteiger partial charge in [-0.25, -0.2) is 0 Å². The van der Waals surface area contributed by atoms with Crippen LogP contribution in [0.3, 0.4) is 0 Å². The molecule has 4 heteroatoms. The Labute approximate surface area is 108 Å². The van der Waals surface area contributed by atoms with Crippen LogP contribution in [-0.2, 0) is 0 Å². The Morgan fingerprint density at radius 1 is 1.44 bits per heavy atom. The Hall–Kier alpha value is -1.71. The van der Waals surface area contributed by atoms with Crippen LogP contribution in [0.1, 0.15) is 36.5 Å². The Bertz CT molecular complexity index is 445. The number of benzene rings is 1. The maximum absolute atomic E-state index is 11.2. The highest BCUT2D eigenvalue weighted by Crippen LogP contribution is 2.32. The summed E-state index contributed by atoms with van der Waals surface area (Å²) in [5, 5.41) is 3.35. The van der Waals surface area contributed by atoms with Crippen LogP contribution in [0.15, 0.2) is 18.2 Å². The molecule has 0 spiro atoms. The Morgan fingerprint density at radius 3 is 2.83 bits per heavy atom. The third-order valence-electron chi connectivity index (χ3n) is 3.97. The van der Waals surface area contributed by atoms with Crippen LogP contribution in [-0.4, -0.2) is 12.5 Å². The summed E-state index contributed by atoms with van der Waals surface area (Å²) < 4.78 is 0. The van der Waals surface area contributed by atoms with E-state index in [1.54, 1.807) is 12.1 Å². The number of amides is 1. The Balaban J connectivity index is 2.05. The van der Waals surface area contributed by atoms with Gasteiger partial charge in [0, 0.05) is 6.54 Å². The molecule has 1 saturated carbocycles. The van der Waals surface area contributed by atoms with Crippen molar-refractivity contribution in [2.24, 2.45) is 17.6 Å². The van der Waals surface area contributed by atoms with E-state index in [1.807, 2.05) is 6.07 Å². The van der Waals surface area contributed by atoms with Crippen molar-refractivity contribution in [2.75, 3.05) is 17.6 Å². The highest BCUT2D eigenvalue weighted by Gasteiger charge is 2.23. The van der Waals surface area contributed by atoms with Gasteiger partial charge in [-0.1, -0.05) is 25.8 Å². The highest BCUT2D eigenvalue weighted by molar-refractivity contribution is 6.00. The molecule has 1 aromatic rings. The van der Waals surface area contributed by atoms with Crippen LogP contribution in [0.5, 0.6) is 0 Å². The van der Waals surface area contributed by atoms with E-state index in [-0.39, 0.29) is 0 Å². The summed E-state index contributed by atoms with van der Waals surface area (Å²) >= 11 is 0. The summed E-state index contributed by atoms with van der Waals surface area (Å²) in [4.78, 5) is 11.2. The van der Waals surface area contributed by atoms with Gasteiger partial charge in [-0.15, -0.1) is 0 Å². The zero-order chi connectivity index (χ0) is 13.1. The standard InChI is InChI=1S/C14H21N3O/c1-9-4-2-5-10(9)8-17-12-7-3-6-11(13(12)15)14(16)18/h3,6-7,9-10,17H,2,4-5,8,15H2,1H3,(H2,16,18). The lowest BCUT2D eigenvalue weighted by atomic mass is 9.98. The van der Waals surface area contributed by atoms with Gasteiger partial charge in [-0.05, 0) is 30.4 Å². The molecule has 0 saturated heterocycles. The van der Waals surface area contributed by atoms with Gasteiger partial charge in [0.25, 0.3) is 5.91 Å². The van der Waals surface area contributed by atoms with Crippen molar-refractivity contribution >= 4 is 17.3 Å². The van der Waals surface area contributed by atoms with Crippen LogP contribution in [0, 0.1) is 11.8 Å². The van der Waals surface area contributed by atoms with E-state index in [0.29, 0.717) is 17.2 Å². The average Bonchev–Trinajstić information content (AvgIpc) is 2.73. The van der Waals surface area contributed by atoms with Crippen molar-refractivity contribution in [3.8, 4) is 0 Å². The number of rotatable bonds is 4. The molecular weight excluding hydrogens is 226 g/mol. The summed E-state index contributed by atoms with van der Waals surface area (Å²) in [7, 11) is 0. The first-order valence-corrected chi connectivity index (χ1v) is 6.51. The smallest absolute Gasteiger partial charge is 0.250 e. The molecule has 1 aromatic carbocycles. The monoisotopic (exact) mass is 247 g/mol. The molecule has 18 heavy (non-hydrogen) atoms. The predicted molar refractivity (Wildman–Crippen MR) is 74.4 cm³/mol. The molecule has 5 N–H and O–H groups in total. The second kappa shape index (κ2) is 5.29. The van der Waals surface area contributed by atoms with Crippen LogP contribution >= 0.6 is 0 Å². The third-order valence-corrected chi connectivity index (χ3v) is 3.97. The van der Waals surface area contributed by atoms with Crippen LogP contribution in [0.4, 0.5) is 11.4 Å². The molecule has 0 aliphatic heterocycles. The number of carbonyl (C=O) groups is 1. The van der Waals surface area contributed by atoms with Gasteiger partial charge < -0.3 is 16.8 Å². The number of hydrogen-bond acceptors (Lipinski definition) is 3. The first-order valence-electron chi connectivity index (χ1n) is 6.51. The van der Waals surface area contributed by atoms with Crippen molar-refractivity contribution in [1.29, 1.82) is 0 Å². The van der Waals surface area contributed by atoms with Crippen LogP contribution in [0.2, 0.25) is 0 Å². The number of primary amides is 1. The molecule has 2 unspecified atom stereocenters. The number of carbonyl (C=O) groups excluding carboxylic acids is 1. The molecule has 0 heterocycles. The number of anilines is 2. The minimum atomic E-state index is -0.481. The molecule has 0 bridgehead atoms. The van der Waals surface area contributed by atoms with Crippen molar-refractivity contribution in [3.63, 3.8) is 0 Å². The van der Waals surface area contributed by atoms with Gasteiger partial charge in [-0.2, -0.15) is 0 Å². The highest BCUT2D eigenvalue weighted by atomic mass is 16.1. The fourth-order valence-corrected chi connectivity index (χ4v) is 2.70. The summed E-state index contributed by atoms with van der Waals surface area (Å²) in [5.41, 5.74) is 12.9. The van der Waals surface area contributed by atoms with Crippen molar-refractivity contribution in [1.82, 2.24) is 0 Å². The summed E-state index contributed by atoms with van der Waals surface area (Å²) in [6, 6.07) is 5.35. The molecule has 2 rings (SSSR count). The molecule has 0 aromatic heterocycles. The SMILES string of the molecule is CC1CCCC1CNc1cccc(C(N)=O)c1N. The van der Waals surface area contributed by atoms with E-state index in [2.05, 4.69) is 12.2 Å². The van der Waals surface area contributed by atoms with E-state index < -0.39 is 5.91 Å². The van der Waals surface area contributed by atoms with Gasteiger partial charge >= 0.3 is 0 Å². The fourth-order valence-electron chi connectivity index (χ4n) is 2.70. The van der Waals surface area contributed by atoms with Gasteiger partial charge in [-0.3, -0.25) is 4.79 Å². The normalized spacial score (nSPS) is 22.9. The number of para-hydroxylation sites is 1. The first kappa shape index (κ1) is 12.7. The van der Waals surface area contributed by atoms with E-state index in [9.17, 15) is 4.79 Å². The maximum Gasteiger partial charge on any atom is 0.250 e. The third kappa shape index (κ3) is 2.58. The van der Waals surface area contributed by atoms with E-state index >= 15 is 0 Å². The molecule has 98 valence electrons. The minimum Gasteiger partial charge on any atom is -0.396 e. The van der Waals surface area contributed by atoms with Gasteiger partial charge in [0.05, 0.1) is 16.9 Å². The first-order chi connectivity index (χ1) is 8.59. The second-order valence-electron chi connectivity index (χ2n) is 5.18. The zero-order valence-electron chi connectivity index (χ0n) is 10.8. The van der Waals surface area contributed by atoms with E-state index in [1.165, 1.54) is 19.3 Å². The van der Waals surface area contributed by atoms with Crippen molar-refractivity contribution in [2.45, 2.75) is 26.2 Å². The number of hydrogen-bond donors (Lipinski definition) is 3. The Morgan fingerprint density at radius 2 is 2.22 bits per heavy atom. The predicted octanol–water partition coefficient (Wildman–Crippen LogP) is 2.22. The molecule has 1 fully saturated rings. The largest absolute Gasteiger partial charge is 0.396 e. The molecule has 0 radical (unpaired) electrons. The van der Waals surface area contributed by atoms with Gasteiger partial charge in [0.2, 0.25) is 0 Å². The molecule has 4 nitrogen and oxygen atoms in total. The molecular formula is C14H21N3O. The summed E-state index contributed by atoms with van der Waals surface area (Å²) in [6.45, 7) is 3.20. The van der Waals surface area contributed by atoms with Gasteiger partial charge in [0.15, 0.2) is 0 Å². The average molecular weight is 247 g/mol. The number of nitrogen functional groups attached to an aromatic ring is 1.